The molecule has 40 heavy (non-hydrogen) atoms. The maximum absolute atomic E-state index is 14.0. The van der Waals surface area contributed by atoms with E-state index in [2.05, 4.69) is 13.8 Å². The van der Waals surface area contributed by atoms with Gasteiger partial charge in [0.15, 0.2) is 5.96 Å². The first-order valence-corrected chi connectivity index (χ1v) is 14.4. The number of hydrogen-bond acceptors (Lipinski definition) is 6. The van der Waals surface area contributed by atoms with Gasteiger partial charge in [-0.05, 0) is 31.6 Å². The first-order chi connectivity index (χ1) is 18.6. The molecule has 2 amide bonds. The number of methoxy groups -OCH3 is 2. The van der Waals surface area contributed by atoms with Crippen LogP contribution in [0.5, 0.6) is 0 Å². The van der Waals surface area contributed by atoms with Crippen LogP contribution in [0.3, 0.4) is 0 Å². The molecule has 0 bridgehead atoms. The molecule has 0 radical (unpaired) electrons. The Balaban J connectivity index is 3.31. The van der Waals surface area contributed by atoms with Gasteiger partial charge < -0.3 is 34.2 Å². The molecule has 1 aliphatic rings. The summed E-state index contributed by atoms with van der Waals surface area (Å²) in [4.78, 5) is 51.4. The van der Waals surface area contributed by atoms with Gasteiger partial charge in [-0.15, -0.1) is 0 Å². The van der Waals surface area contributed by atoms with Crippen LogP contribution >= 0.6 is 0 Å². The molecule has 1 rings (SSSR count). The second-order valence-electron chi connectivity index (χ2n) is 11.8. The molecule has 1 N–H and O–H groups in total. The number of aliphatic imine (C=N–C) groups is 1. The molecule has 4 unspecified atom stereocenters. The number of carboxylic acid groups (broad SMARTS) is 1. The number of ether oxygens (including phenoxy) is 2. The Morgan fingerprint density at radius 2 is 1.57 bits per heavy atom. The van der Waals surface area contributed by atoms with Gasteiger partial charge in [0.2, 0.25) is 11.8 Å². The van der Waals surface area contributed by atoms with Crippen molar-refractivity contribution >= 4 is 23.7 Å². The summed E-state index contributed by atoms with van der Waals surface area (Å²) in [5, 5.41) is 9.57. The van der Waals surface area contributed by atoms with Crippen molar-refractivity contribution < 1.29 is 29.0 Å². The van der Waals surface area contributed by atoms with E-state index >= 15 is 0 Å². The first kappa shape index (κ1) is 35.6. The molecule has 0 aromatic heterocycles. The molecule has 11 nitrogen and oxygen atoms in total. The van der Waals surface area contributed by atoms with Crippen molar-refractivity contribution in [3.8, 4) is 0 Å². The van der Waals surface area contributed by atoms with Crippen LogP contribution < -0.4 is 0 Å². The Bertz CT molecular complexity index is 854. The summed E-state index contributed by atoms with van der Waals surface area (Å²) in [5.74, 6) is -1.24. The van der Waals surface area contributed by atoms with Gasteiger partial charge in [-0.3, -0.25) is 14.4 Å². The van der Waals surface area contributed by atoms with Crippen LogP contribution in [0.1, 0.15) is 60.3 Å². The third-order valence-corrected chi connectivity index (χ3v) is 8.17. The third kappa shape index (κ3) is 8.80. The average molecular weight is 570 g/mol. The van der Waals surface area contributed by atoms with E-state index in [1.54, 1.807) is 30.9 Å². The summed E-state index contributed by atoms with van der Waals surface area (Å²) in [6, 6.07) is -1.28. The maximum atomic E-state index is 14.0. The second kappa shape index (κ2) is 16.1. The van der Waals surface area contributed by atoms with Gasteiger partial charge >= 0.3 is 5.97 Å². The topological polar surface area (TPSA) is 115 Å². The normalized spacial score (nSPS) is 19.8. The van der Waals surface area contributed by atoms with Crippen LogP contribution in [0.15, 0.2) is 4.99 Å². The number of carbonyl (C=O) groups is 3. The molecule has 1 heterocycles. The number of amides is 2. The van der Waals surface area contributed by atoms with Crippen molar-refractivity contribution in [2.45, 2.75) is 90.6 Å². The summed E-state index contributed by atoms with van der Waals surface area (Å²) in [7, 11) is 12.4. The van der Waals surface area contributed by atoms with Gasteiger partial charge in [0, 0.05) is 56.0 Å². The van der Waals surface area contributed by atoms with E-state index < -0.39 is 30.1 Å². The number of carboxylic acids is 1. The zero-order chi connectivity index (χ0) is 30.9. The number of hydrogen-bond donors (Lipinski definition) is 1. The van der Waals surface area contributed by atoms with Crippen LogP contribution in [-0.2, 0) is 23.9 Å². The van der Waals surface area contributed by atoms with Gasteiger partial charge in [-0.25, -0.2) is 4.99 Å². The lowest BCUT2D eigenvalue weighted by Gasteiger charge is -2.40. The zero-order valence-electron chi connectivity index (χ0n) is 26.9. The summed E-state index contributed by atoms with van der Waals surface area (Å²) in [6.45, 7) is 10.2. The molecule has 1 saturated heterocycles. The Labute approximate surface area is 241 Å². The van der Waals surface area contributed by atoms with Gasteiger partial charge in [0.25, 0.3) is 0 Å². The minimum Gasteiger partial charge on any atom is -0.481 e. The highest BCUT2D eigenvalue weighted by atomic mass is 16.5. The smallest absolute Gasteiger partial charge is 0.308 e. The quantitative estimate of drug-likeness (QED) is 0.251. The highest BCUT2D eigenvalue weighted by molar-refractivity contribution is 5.87. The van der Waals surface area contributed by atoms with Crippen molar-refractivity contribution in [2.24, 2.45) is 22.7 Å². The van der Waals surface area contributed by atoms with Crippen molar-refractivity contribution in [1.82, 2.24) is 19.6 Å². The lowest BCUT2D eigenvalue weighted by Crippen LogP contribution is -2.55. The molecule has 0 aliphatic carbocycles. The molecule has 1 fully saturated rings. The first-order valence-electron chi connectivity index (χ1n) is 14.4. The van der Waals surface area contributed by atoms with Gasteiger partial charge in [0.05, 0.1) is 36.6 Å². The molecule has 0 saturated carbocycles. The van der Waals surface area contributed by atoms with Crippen molar-refractivity contribution in [1.29, 1.82) is 0 Å². The standard InChI is InChI=1S/C29H55N5O6/c1-13-19(4)25(33(10)27(36)24(18(2)3)30-29(31(6)7)32(8)9)22(39-11)17-23(35)34-16-14-15-21(34)26(40-12)20(5)28(37)38/h18-22,24-26H,13-17H2,1-12H3,(H,37,38)/t19-,20?,21?,22+,24?,25-,26?/m0/s1. The molecule has 0 aromatic carbocycles. The van der Waals surface area contributed by atoms with Crippen LogP contribution in [0.2, 0.25) is 0 Å². The Hall–Kier alpha value is -2.40. The summed E-state index contributed by atoms with van der Waals surface area (Å²) >= 11 is 0. The Kier molecular flexibility index (Phi) is 14.4. The van der Waals surface area contributed by atoms with Crippen LogP contribution in [0.4, 0.5) is 0 Å². The monoisotopic (exact) mass is 569 g/mol. The molecule has 232 valence electrons. The zero-order valence-corrected chi connectivity index (χ0v) is 26.9. The molecular formula is C29H55N5O6. The largest absolute Gasteiger partial charge is 0.481 e. The Morgan fingerprint density at radius 3 is 2.00 bits per heavy atom. The van der Waals surface area contributed by atoms with Gasteiger partial charge in [0.1, 0.15) is 6.04 Å². The maximum Gasteiger partial charge on any atom is 0.308 e. The lowest BCUT2D eigenvalue weighted by atomic mass is 9.89. The lowest BCUT2D eigenvalue weighted by molar-refractivity contribution is -0.152. The van der Waals surface area contributed by atoms with E-state index in [0.29, 0.717) is 18.9 Å². The number of aliphatic carboxylic acids is 1. The average Bonchev–Trinajstić information content (AvgIpc) is 3.37. The summed E-state index contributed by atoms with van der Waals surface area (Å²) < 4.78 is 11.5. The molecule has 0 aromatic rings. The van der Waals surface area contributed by atoms with E-state index in [1.807, 2.05) is 51.8 Å². The number of rotatable bonds is 14. The molecular weight excluding hydrogens is 514 g/mol. The van der Waals surface area contributed by atoms with Crippen LogP contribution in [-0.4, -0.2) is 135 Å². The van der Waals surface area contributed by atoms with Gasteiger partial charge in [-0.2, -0.15) is 0 Å². The number of guanidine groups is 1. The minimum atomic E-state index is -0.952. The number of nitrogens with zero attached hydrogens (tertiary/aromatic N) is 5. The van der Waals surface area contributed by atoms with Crippen molar-refractivity contribution in [2.75, 3.05) is 56.0 Å². The molecule has 0 spiro atoms. The fraction of sp³-hybridized carbons (Fsp3) is 0.862. The van der Waals surface area contributed by atoms with Crippen molar-refractivity contribution in [3.63, 3.8) is 0 Å². The van der Waals surface area contributed by atoms with E-state index in [-0.39, 0.29) is 42.2 Å². The predicted molar refractivity (Wildman–Crippen MR) is 157 cm³/mol. The van der Waals surface area contributed by atoms with E-state index in [4.69, 9.17) is 14.5 Å². The summed E-state index contributed by atoms with van der Waals surface area (Å²) in [6.07, 6.45) is 1.18. The third-order valence-electron chi connectivity index (χ3n) is 8.17. The minimum absolute atomic E-state index is 0.0439. The van der Waals surface area contributed by atoms with Gasteiger partial charge in [-0.1, -0.05) is 34.1 Å². The fourth-order valence-corrected chi connectivity index (χ4v) is 5.75. The molecule has 7 atom stereocenters. The number of carbonyl (C=O) groups excluding carboxylic acids is 2. The number of likely N-dealkylation sites (tertiary alicyclic amines) is 1. The summed E-state index contributed by atoms with van der Waals surface area (Å²) in [5.41, 5.74) is 0. The second-order valence-corrected chi connectivity index (χ2v) is 11.8. The van der Waals surface area contributed by atoms with Crippen LogP contribution in [0.25, 0.3) is 0 Å². The Morgan fingerprint density at radius 1 is 1.00 bits per heavy atom. The fourth-order valence-electron chi connectivity index (χ4n) is 5.75. The van der Waals surface area contributed by atoms with Crippen molar-refractivity contribution in [3.05, 3.63) is 0 Å². The molecule has 11 heteroatoms. The van der Waals surface area contributed by atoms with E-state index in [9.17, 15) is 19.5 Å². The highest BCUT2D eigenvalue weighted by Gasteiger charge is 2.42. The number of likely N-dealkylation sites (N-methyl/N-ethyl adjacent to an activating group) is 1. The van der Waals surface area contributed by atoms with E-state index in [0.717, 1.165) is 12.8 Å². The van der Waals surface area contributed by atoms with E-state index in [1.165, 1.54) is 7.11 Å². The predicted octanol–water partition coefficient (Wildman–Crippen LogP) is 2.50. The SMILES string of the molecule is CC[C@H](C)[C@@H]([C@@H](CC(=O)N1CCCC1C(OC)C(C)C(=O)O)OC)N(C)C(=O)C(N=C(N(C)C)N(C)C)C(C)C. The molecule has 1 aliphatic heterocycles. The highest BCUT2D eigenvalue weighted by Crippen LogP contribution is 2.29. The van der Waals surface area contributed by atoms with Crippen LogP contribution in [0, 0.1) is 17.8 Å².